The van der Waals surface area contributed by atoms with Crippen molar-refractivity contribution in [2.75, 3.05) is 25.0 Å². The number of carbonyl (C=O) groups excluding carboxylic acids is 2. The Kier molecular flexibility index (Phi) is 5.50. The summed E-state index contributed by atoms with van der Waals surface area (Å²) >= 11 is 0. The fourth-order valence-electron chi connectivity index (χ4n) is 3.03. The van der Waals surface area contributed by atoms with Gasteiger partial charge in [0.1, 0.15) is 12.6 Å². The van der Waals surface area contributed by atoms with Gasteiger partial charge in [-0.15, -0.1) is 0 Å². The normalized spacial score (nSPS) is 16.5. The molecule has 26 heavy (non-hydrogen) atoms. The monoisotopic (exact) mass is 358 g/mol. The number of likely N-dealkylation sites (tertiary alicyclic amines) is 1. The van der Waals surface area contributed by atoms with Gasteiger partial charge in [0.15, 0.2) is 5.82 Å². The van der Waals surface area contributed by atoms with Crippen LogP contribution in [0.5, 0.6) is 0 Å². The van der Waals surface area contributed by atoms with Crippen molar-refractivity contribution in [3.63, 3.8) is 0 Å². The first-order valence-corrected chi connectivity index (χ1v) is 8.69. The molecule has 0 radical (unpaired) electrons. The van der Waals surface area contributed by atoms with E-state index in [1.165, 1.54) is 0 Å². The van der Waals surface area contributed by atoms with E-state index in [0.29, 0.717) is 36.1 Å². The summed E-state index contributed by atoms with van der Waals surface area (Å²) < 4.78 is 10.1. The van der Waals surface area contributed by atoms with Crippen molar-refractivity contribution in [2.45, 2.75) is 32.7 Å². The van der Waals surface area contributed by atoms with Crippen LogP contribution in [0.1, 0.15) is 47.9 Å². The van der Waals surface area contributed by atoms with E-state index in [-0.39, 0.29) is 24.5 Å². The van der Waals surface area contributed by atoms with E-state index < -0.39 is 0 Å². The average Bonchev–Trinajstić information content (AvgIpc) is 3.28. The first-order chi connectivity index (χ1) is 12.6. The first kappa shape index (κ1) is 17.9. The number of benzene rings is 1. The van der Waals surface area contributed by atoms with E-state index in [2.05, 4.69) is 15.5 Å². The average molecular weight is 358 g/mol. The van der Waals surface area contributed by atoms with E-state index in [4.69, 9.17) is 9.26 Å². The number of hydrogen-bond acceptors (Lipinski definition) is 7. The Morgan fingerprint density at radius 1 is 1.42 bits per heavy atom. The summed E-state index contributed by atoms with van der Waals surface area (Å²) in [4.78, 5) is 30.4. The number of anilines is 1. The fourth-order valence-corrected chi connectivity index (χ4v) is 3.03. The van der Waals surface area contributed by atoms with Gasteiger partial charge >= 0.3 is 5.97 Å². The van der Waals surface area contributed by atoms with E-state index in [0.717, 1.165) is 12.8 Å². The van der Waals surface area contributed by atoms with Gasteiger partial charge in [-0.3, -0.25) is 9.59 Å². The summed E-state index contributed by atoms with van der Waals surface area (Å²) in [5.41, 5.74) is 1.23. The maximum absolute atomic E-state index is 12.9. The molecule has 1 aliphatic rings. The van der Waals surface area contributed by atoms with Gasteiger partial charge in [0.05, 0.1) is 6.61 Å². The van der Waals surface area contributed by atoms with Gasteiger partial charge in [-0.25, -0.2) is 0 Å². The van der Waals surface area contributed by atoms with Gasteiger partial charge < -0.3 is 19.5 Å². The molecular weight excluding hydrogens is 336 g/mol. The maximum Gasteiger partial charge on any atom is 0.325 e. The standard InChI is InChI=1S/C18H22N4O4/c1-3-25-16(23)11-19-14-7-4-6-13(10-14)18(24)22-9-5-8-15(22)17-20-12(2)21-26-17/h4,6-7,10,15,19H,3,5,8-9,11H2,1-2H3/t15-/m1/s1. The molecule has 3 rings (SSSR count). The molecule has 1 amide bonds. The summed E-state index contributed by atoms with van der Waals surface area (Å²) in [5, 5.41) is 6.80. The van der Waals surface area contributed by atoms with Gasteiger partial charge in [0, 0.05) is 17.8 Å². The Hall–Kier alpha value is -2.90. The molecule has 1 fully saturated rings. The number of hydrogen-bond donors (Lipinski definition) is 1. The summed E-state index contributed by atoms with van der Waals surface area (Å²) in [6.07, 6.45) is 1.69. The second-order valence-corrected chi connectivity index (χ2v) is 6.08. The van der Waals surface area contributed by atoms with Crippen LogP contribution in [0.2, 0.25) is 0 Å². The Morgan fingerprint density at radius 3 is 3.00 bits per heavy atom. The Morgan fingerprint density at radius 2 is 2.27 bits per heavy atom. The third-order valence-corrected chi connectivity index (χ3v) is 4.19. The van der Waals surface area contributed by atoms with Crippen LogP contribution in [0, 0.1) is 6.92 Å². The van der Waals surface area contributed by atoms with E-state index in [9.17, 15) is 9.59 Å². The minimum Gasteiger partial charge on any atom is -0.465 e. The van der Waals surface area contributed by atoms with Crippen molar-refractivity contribution in [3.05, 3.63) is 41.5 Å². The van der Waals surface area contributed by atoms with Crippen LogP contribution >= 0.6 is 0 Å². The molecule has 2 aromatic rings. The first-order valence-electron chi connectivity index (χ1n) is 8.69. The third-order valence-electron chi connectivity index (χ3n) is 4.19. The molecule has 1 N–H and O–H groups in total. The van der Waals surface area contributed by atoms with E-state index >= 15 is 0 Å². The van der Waals surface area contributed by atoms with Crippen molar-refractivity contribution in [3.8, 4) is 0 Å². The van der Waals surface area contributed by atoms with Gasteiger partial charge in [-0.05, 0) is 44.9 Å². The number of rotatable bonds is 6. The topological polar surface area (TPSA) is 97.6 Å². The molecule has 8 nitrogen and oxygen atoms in total. The van der Waals surface area contributed by atoms with Gasteiger partial charge in [-0.2, -0.15) is 4.98 Å². The largest absolute Gasteiger partial charge is 0.465 e. The second-order valence-electron chi connectivity index (χ2n) is 6.08. The minimum atomic E-state index is -0.337. The third kappa shape index (κ3) is 4.01. The van der Waals surface area contributed by atoms with Gasteiger partial charge in [-0.1, -0.05) is 11.2 Å². The molecule has 138 valence electrons. The highest BCUT2D eigenvalue weighted by atomic mass is 16.5. The Balaban J connectivity index is 1.71. The highest BCUT2D eigenvalue weighted by molar-refractivity contribution is 5.95. The molecule has 1 saturated heterocycles. The second kappa shape index (κ2) is 7.99. The number of esters is 1. The lowest BCUT2D eigenvalue weighted by molar-refractivity contribution is -0.140. The highest BCUT2D eigenvalue weighted by Crippen LogP contribution is 2.32. The molecule has 0 unspecified atom stereocenters. The number of nitrogens with one attached hydrogen (secondary N) is 1. The molecule has 1 aromatic carbocycles. The SMILES string of the molecule is CCOC(=O)CNc1cccc(C(=O)N2CCC[C@@H]2c2nc(C)no2)c1. The molecule has 0 saturated carbocycles. The van der Waals surface area contributed by atoms with Crippen molar-refractivity contribution in [1.29, 1.82) is 0 Å². The zero-order chi connectivity index (χ0) is 18.5. The molecular formula is C18H22N4O4. The number of carbonyl (C=O) groups is 2. The zero-order valence-electron chi connectivity index (χ0n) is 14.9. The lowest BCUT2D eigenvalue weighted by Crippen LogP contribution is -2.30. The fraction of sp³-hybridized carbons (Fsp3) is 0.444. The number of ether oxygens (including phenoxy) is 1. The number of nitrogens with zero attached hydrogens (tertiary/aromatic N) is 3. The van der Waals surface area contributed by atoms with E-state index in [1.54, 1.807) is 43.0 Å². The molecule has 0 spiro atoms. The van der Waals surface area contributed by atoms with Crippen molar-refractivity contribution in [2.24, 2.45) is 0 Å². The highest BCUT2D eigenvalue weighted by Gasteiger charge is 2.34. The Bertz CT molecular complexity index is 789. The van der Waals surface area contributed by atoms with Gasteiger partial charge in [0.2, 0.25) is 5.89 Å². The quantitative estimate of drug-likeness (QED) is 0.791. The lowest BCUT2D eigenvalue weighted by Gasteiger charge is -2.22. The van der Waals surface area contributed by atoms with Crippen molar-refractivity contribution >= 4 is 17.6 Å². The van der Waals surface area contributed by atoms with Gasteiger partial charge in [0.25, 0.3) is 5.91 Å². The van der Waals surface area contributed by atoms with E-state index in [1.807, 2.05) is 0 Å². The summed E-state index contributed by atoms with van der Waals surface area (Å²) in [6.45, 7) is 4.55. The summed E-state index contributed by atoms with van der Waals surface area (Å²) in [6, 6.07) is 6.88. The molecule has 1 atom stereocenters. The number of amides is 1. The van der Waals surface area contributed by atoms with Crippen LogP contribution in [0.3, 0.4) is 0 Å². The van der Waals surface area contributed by atoms with Crippen molar-refractivity contribution in [1.82, 2.24) is 15.0 Å². The zero-order valence-corrected chi connectivity index (χ0v) is 14.9. The molecule has 2 heterocycles. The van der Waals surface area contributed by atoms with Crippen LogP contribution in [0.15, 0.2) is 28.8 Å². The predicted octanol–water partition coefficient (Wildman–Crippen LogP) is 2.33. The summed E-state index contributed by atoms with van der Waals surface area (Å²) in [7, 11) is 0. The van der Waals surface area contributed by atoms with Crippen LogP contribution in [-0.2, 0) is 9.53 Å². The molecule has 1 aliphatic heterocycles. The Labute approximate surface area is 151 Å². The molecule has 1 aromatic heterocycles. The molecule has 0 aliphatic carbocycles. The van der Waals surface area contributed by atoms with Crippen LogP contribution in [0.4, 0.5) is 5.69 Å². The lowest BCUT2D eigenvalue weighted by atomic mass is 10.1. The molecule has 8 heteroatoms. The summed E-state index contributed by atoms with van der Waals surface area (Å²) in [5.74, 6) is 0.605. The minimum absolute atomic E-state index is 0.0546. The number of aryl methyl sites for hydroxylation is 1. The molecule has 0 bridgehead atoms. The van der Waals surface area contributed by atoms with Crippen LogP contribution in [-0.4, -0.2) is 46.6 Å². The van der Waals surface area contributed by atoms with Crippen LogP contribution < -0.4 is 5.32 Å². The smallest absolute Gasteiger partial charge is 0.325 e. The maximum atomic E-state index is 12.9. The number of aromatic nitrogens is 2. The predicted molar refractivity (Wildman–Crippen MR) is 93.6 cm³/mol. The van der Waals surface area contributed by atoms with Crippen LogP contribution in [0.25, 0.3) is 0 Å². The van der Waals surface area contributed by atoms with Crippen molar-refractivity contribution < 1.29 is 18.8 Å².